The molecule has 9 rings (SSSR count). The number of hydrogen-bond donors (Lipinski definition) is 1. The fourth-order valence-electron chi connectivity index (χ4n) is 11.1. The van der Waals surface area contributed by atoms with Crippen LogP contribution < -0.4 is 39.3 Å². The monoisotopic (exact) mass is 1040 g/mol. The van der Waals surface area contributed by atoms with E-state index in [1.165, 1.54) is 11.1 Å². The quantitative estimate of drug-likeness (QED) is 0.0376. The first-order valence-electron chi connectivity index (χ1n) is 27.2. The van der Waals surface area contributed by atoms with Crippen LogP contribution >= 0.6 is 0 Å². The van der Waals surface area contributed by atoms with Gasteiger partial charge in [0.05, 0.1) is 64.0 Å². The van der Waals surface area contributed by atoms with E-state index in [4.69, 9.17) is 33.3 Å². The van der Waals surface area contributed by atoms with Crippen molar-refractivity contribution in [2.45, 2.75) is 96.9 Å². The highest BCUT2D eigenvalue weighted by Crippen LogP contribution is 2.42. The molecule has 5 aromatic rings. The number of unbranched alkanes of at least 4 members (excludes halogenated alkanes) is 1. The molecule has 2 amide bonds. The molecule has 0 aliphatic carbocycles. The molecule has 15 heteroatoms. The maximum absolute atomic E-state index is 14.3. The highest BCUT2D eigenvalue weighted by molar-refractivity contribution is 6.12. The summed E-state index contributed by atoms with van der Waals surface area (Å²) in [6, 6.07) is 30.7. The van der Waals surface area contributed by atoms with Crippen molar-refractivity contribution in [3.63, 3.8) is 0 Å². The molecule has 0 saturated carbocycles. The Morgan fingerprint density at radius 3 is 2.04 bits per heavy atom. The van der Waals surface area contributed by atoms with Crippen LogP contribution in [-0.2, 0) is 56.3 Å². The number of methoxy groups -OCH3 is 2. The molecular formula is C61H75N5O10. The van der Waals surface area contributed by atoms with Crippen LogP contribution in [0.15, 0.2) is 91.0 Å². The third-order valence-corrected chi connectivity index (χ3v) is 15.0. The maximum Gasteiger partial charge on any atom is 0.260 e. The lowest BCUT2D eigenvalue weighted by Gasteiger charge is -2.26. The van der Waals surface area contributed by atoms with E-state index in [1.807, 2.05) is 91.4 Å². The van der Waals surface area contributed by atoms with Crippen molar-refractivity contribution in [2.24, 2.45) is 0 Å². The van der Waals surface area contributed by atoms with Gasteiger partial charge in [-0.3, -0.25) is 14.4 Å². The third-order valence-electron chi connectivity index (χ3n) is 15.0. The molecule has 0 aromatic heterocycles. The van der Waals surface area contributed by atoms with E-state index < -0.39 is 0 Å². The summed E-state index contributed by atoms with van der Waals surface area (Å²) in [5.74, 6) is 1.97. The highest BCUT2D eigenvalue weighted by Gasteiger charge is 2.40. The number of hydroxylamine groups is 1. The van der Waals surface area contributed by atoms with Crippen LogP contribution in [0.1, 0.15) is 99.5 Å². The number of para-hydroxylation sites is 2. The number of hydrogen-bond acceptors (Lipinski definition) is 13. The molecule has 0 bridgehead atoms. The van der Waals surface area contributed by atoms with Crippen molar-refractivity contribution in [3.05, 3.63) is 136 Å². The van der Waals surface area contributed by atoms with Gasteiger partial charge in [-0.05, 0) is 134 Å². The van der Waals surface area contributed by atoms with Crippen molar-refractivity contribution < 1.29 is 47.6 Å². The number of benzene rings is 5. The Bertz CT molecular complexity index is 2820. The van der Waals surface area contributed by atoms with Crippen LogP contribution in [-0.4, -0.2) is 117 Å². The lowest BCUT2D eigenvalue weighted by atomic mass is 9.99. The fourth-order valence-corrected chi connectivity index (χ4v) is 11.1. The van der Waals surface area contributed by atoms with Crippen LogP contribution in [0.4, 0.5) is 22.7 Å². The minimum atomic E-state index is -0.0160. The number of nitrogens with zero attached hydrogens (tertiary/aromatic N) is 4. The van der Waals surface area contributed by atoms with Gasteiger partial charge in [0, 0.05) is 87.9 Å². The summed E-state index contributed by atoms with van der Waals surface area (Å²) in [7, 11) is 5.31. The fraction of sp³-hybridized carbons (Fsp3) is 0.459. The molecule has 2 atom stereocenters. The lowest BCUT2D eigenvalue weighted by molar-refractivity contribution is -0.119. The molecule has 4 heterocycles. The van der Waals surface area contributed by atoms with E-state index in [0.29, 0.717) is 107 Å². The number of anilines is 4. The SMILES string of the molecule is CCNOCCCCC(=O)CCCN(CCOCCOCCOC)c1cc(COc2cc3c(cc2C)C(=O)N2c4ccccc4C[C@H]2CN3C)cc(COc2cc3c(cc2OC)C(=O)N2c4ccccc4C[C@H]2CC3)c1. The van der Waals surface area contributed by atoms with Gasteiger partial charge in [-0.2, -0.15) is 0 Å². The Morgan fingerprint density at radius 2 is 1.32 bits per heavy atom. The summed E-state index contributed by atoms with van der Waals surface area (Å²) in [5.41, 5.74) is 13.9. The molecule has 0 fully saturated rings. The second-order valence-corrected chi connectivity index (χ2v) is 20.3. The normalized spacial score (nSPS) is 16.3. The largest absolute Gasteiger partial charge is 0.493 e. The van der Waals surface area contributed by atoms with E-state index in [1.54, 1.807) is 14.2 Å². The van der Waals surface area contributed by atoms with E-state index in [0.717, 1.165) is 90.1 Å². The molecule has 4 aliphatic rings. The predicted octanol–water partition coefficient (Wildman–Crippen LogP) is 9.25. The minimum Gasteiger partial charge on any atom is -0.493 e. The van der Waals surface area contributed by atoms with E-state index in [2.05, 4.69) is 45.6 Å². The number of aryl methyl sites for hydroxylation is 2. The summed E-state index contributed by atoms with van der Waals surface area (Å²) >= 11 is 0. The Balaban J connectivity index is 0.969. The molecule has 0 saturated heterocycles. The van der Waals surface area contributed by atoms with E-state index in [9.17, 15) is 14.4 Å². The first-order chi connectivity index (χ1) is 37.1. The summed E-state index contributed by atoms with van der Waals surface area (Å²) in [6.45, 7) is 9.97. The number of rotatable bonds is 28. The number of fused-ring (bicyclic) bond motifs is 8. The van der Waals surface area contributed by atoms with E-state index in [-0.39, 0.29) is 42.9 Å². The van der Waals surface area contributed by atoms with Crippen LogP contribution in [0.2, 0.25) is 0 Å². The van der Waals surface area contributed by atoms with Gasteiger partial charge in [0.25, 0.3) is 11.8 Å². The molecule has 1 N–H and O–H groups in total. The maximum atomic E-state index is 14.3. The number of amides is 2. The predicted molar refractivity (Wildman–Crippen MR) is 296 cm³/mol. The van der Waals surface area contributed by atoms with Crippen molar-refractivity contribution in [1.82, 2.24) is 5.48 Å². The standard InChI is InChI=1S/C61H75N5O10/c1-6-62-76-24-12-11-16-51(67)17-13-22-64(23-25-72-28-29-73-27-26-70-4)49-32-43(40-74-57-38-56-53(30-42(57)2)61(69)66-50(39-63(56)3)35-47-15-8-10-19-55(47)66)31-44(33-49)41-75-59-36-45-20-21-48-34-46-14-7-9-18-54(46)65(48)60(68)52(45)37-58(59)71-5/h7-10,14-15,18-19,30-33,36-38,48,50,62H,6,11-13,16-17,20-29,34-35,39-41H2,1-5H3/t48-,50+/m1/s1. The zero-order valence-electron chi connectivity index (χ0n) is 45.0. The second-order valence-electron chi connectivity index (χ2n) is 20.3. The lowest BCUT2D eigenvalue weighted by Crippen LogP contribution is -2.41. The zero-order chi connectivity index (χ0) is 53.0. The molecule has 4 aliphatic heterocycles. The number of nitrogens with one attached hydrogen (secondary N) is 1. The summed E-state index contributed by atoms with van der Waals surface area (Å²) in [4.78, 5) is 55.5. The van der Waals surface area contributed by atoms with Gasteiger partial charge in [-0.25, -0.2) is 5.48 Å². The first-order valence-corrected chi connectivity index (χ1v) is 27.2. The van der Waals surface area contributed by atoms with Gasteiger partial charge in [0.2, 0.25) is 0 Å². The molecule has 5 aromatic carbocycles. The average molecular weight is 1040 g/mol. The number of carbonyl (C=O) groups excluding carboxylic acids is 3. The number of ketones is 1. The van der Waals surface area contributed by atoms with Crippen LogP contribution in [0.25, 0.3) is 0 Å². The van der Waals surface area contributed by atoms with Crippen molar-refractivity contribution >= 4 is 40.3 Å². The van der Waals surface area contributed by atoms with Gasteiger partial charge in [-0.1, -0.05) is 43.3 Å². The number of likely N-dealkylation sites (N-methyl/N-ethyl adjacent to an activating group) is 1. The minimum absolute atomic E-state index is 0.00376. The molecule has 0 radical (unpaired) electrons. The third kappa shape index (κ3) is 12.8. The molecule has 15 nitrogen and oxygen atoms in total. The van der Waals surface area contributed by atoms with Gasteiger partial charge >= 0.3 is 0 Å². The smallest absolute Gasteiger partial charge is 0.260 e. The second kappa shape index (κ2) is 26.0. The Labute approximate surface area is 448 Å². The summed E-state index contributed by atoms with van der Waals surface area (Å²) in [5, 5.41) is 0. The molecule has 76 heavy (non-hydrogen) atoms. The Kier molecular flexibility index (Phi) is 18.6. The molecule has 404 valence electrons. The van der Waals surface area contributed by atoms with Crippen LogP contribution in [0, 0.1) is 6.92 Å². The Morgan fingerprint density at radius 1 is 0.658 bits per heavy atom. The molecule has 0 spiro atoms. The first kappa shape index (κ1) is 54.3. The van der Waals surface area contributed by atoms with Crippen molar-refractivity contribution in [3.8, 4) is 17.2 Å². The summed E-state index contributed by atoms with van der Waals surface area (Å²) < 4.78 is 36.3. The number of carbonyl (C=O) groups is 3. The highest BCUT2D eigenvalue weighted by atomic mass is 16.6. The van der Waals surface area contributed by atoms with E-state index >= 15 is 0 Å². The van der Waals surface area contributed by atoms with Crippen LogP contribution in [0.3, 0.4) is 0 Å². The Hall–Kier alpha value is -6.49. The number of Topliss-reactive ketones (excluding diaryl/α,β-unsaturated/α-hetero) is 1. The van der Waals surface area contributed by atoms with Crippen molar-refractivity contribution in [2.75, 3.05) is 107 Å². The topological polar surface area (TPSA) is 141 Å². The van der Waals surface area contributed by atoms with Gasteiger partial charge < -0.3 is 52.9 Å². The van der Waals surface area contributed by atoms with Gasteiger partial charge in [-0.15, -0.1) is 0 Å². The van der Waals surface area contributed by atoms with Crippen LogP contribution in [0.5, 0.6) is 17.2 Å². The zero-order valence-corrected chi connectivity index (χ0v) is 45.0. The summed E-state index contributed by atoms with van der Waals surface area (Å²) in [6.07, 6.45) is 6.46. The average Bonchev–Trinajstić information content (AvgIpc) is 3.93. The molecular weight excluding hydrogens is 963 g/mol. The molecule has 0 unspecified atom stereocenters. The van der Waals surface area contributed by atoms with Gasteiger partial charge in [0.15, 0.2) is 11.5 Å². The van der Waals surface area contributed by atoms with Crippen molar-refractivity contribution in [1.29, 1.82) is 0 Å². The van der Waals surface area contributed by atoms with Gasteiger partial charge in [0.1, 0.15) is 24.7 Å². The number of ether oxygens (including phenoxy) is 6.